The number of aliphatic hydroxyl groups excluding tert-OH is 1. The highest BCUT2D eigenvalue weighted by molar-refractivity contribution is 4.50. The molecule has 0 aliphatic rings. The highest BCUT2D eigenvalue weighted by Crippen LogP contribution is 1.93. The fourth-order valence-corrected chi connectivity index (χ4v) is 0.534. The predicted molar refractivity (Wildman–Crippen MR) is 34.7 cm³/mol. The normalized spacial score (nSPS) is 13.9. The van der Waals surface area contributed by atoms with E-state index in [0.29, 0.717) is 0 Å². The lowest BCUT2D eigenvalue weighted by molar-refractivity contribution is -0.0396. The quantitative estimate of drug-likeness (QED) is 0.622. The number of hydrogen-bond acceptors (Lipinski definition) is 3. The monoisotopic (exact) mass is 170 g/mol. The van der Waals surface area contributed by atoms with Crippen LogP contribution in [0, 0.1) is 0 Å². The zero-order valence-corrected chi connectivity index (χ0v) is 6.30. The first kappa shape index (κ1) is 10.7. The Kier molecular flexibility index (Phi) is 6.30. The number of aliphatic hydroxyl groups is 1. The molecule has 0 saturated heterocycles. The van der Waals surface area contributed by atoms with Crippen LogP contribution in [-0.4, -0.2) is 44.6 Å². The largest absolute Gasteiger partial charge is 0.388 e. The Morgan fingerprint density at radius 1 is 1.27 bits per heavy atom. The molecule has 0 aromatic rings. The fourth-order valence-electron chi connectivity index (χ4n) is 0.534. The van der Waals surface area contributed by atoms with E-state index in [0.717, 1.165) is 0 Å². The predicted octanol–water partition coefficient (Wildman–Crippen LogP) is 0.275. The van der Waals surface area contributed by atoms with E-state index < -0.39 is 19.1 Å². The van der Waals surface area contributed by atoms with Gasteiger partial charge in [0.15, 0.2) is 0 Å². The summed E-state index contributed by atoms with van der Waals surface area (Å²) in [6.07, 6.45) is -3.30. The van der Waals surface area contributed by atoms with Crippen molar-refractivity contribution < 1.29 is 23.4 Å². The molecule has 0 aromatic heterocycles. The summed E-state index contributed by atoms with van der Waals surface area (Å²) in [4.78, 5) is 0. The number of rotatable bonds is 6. The van der Waals surface area contributed by atoms with Crippen LogP contribution in [0.15, 0.2) is 0 Å². The van der Waals surface area contributed by atoms with Crippen molar-refractivity contribution in [3.63, 3.8) is 0 Å². The number of methoxy groups -OCH3 is 1. The summed E-state index contributed by atoms with van der Waals surface area (Å²) in [6.45, 7) is -0.651. The van der Waals surface area contributed by atoms with Crippen LogP contribution >= 0.6 is 0 Å². The maximum Gasteiger partial charge on any atom is 0.261 e. The molecule has 1 unspecified atom stereocenters. The maximum atomic E-state index is 11.4. The summed E-state index contributed by atoms with van der Waals surface area (Å²) in [5, 5.41) is 8.87. The third-order valence-corrected chi connectivity index (χ3v) is 0.913. The molecule has 0 spiro atoms. The third kappa shape index (κ3) is 7.64. The van der Waals surface area contributed by atoms with E-state index >= 15 is 0 Å². The van der Waals surface area contributed by atoms with Crippen LogP contribution in [0.3, 0.4) is 0 Å². The SMILES string of the molecule is COCC(O)COCC(F)F. The van der Waals surface area contributed by atoms with Gasteiger partial charge in [0.1, 0.15) is 12.7 Å². The summed E-state index contributed by atoms with van der Waals surface area (Å²) in [5.41, 5.74) is 0. The lowest BCUT2D eigenvalue weighted by Gasteiger charge is -2.08. The minimum Gasteiger partial charge on any atom is -0.388 e. The third-order valence-electron chi connectivity index (χ3n) is 0.913. The lowest BCUT2D eigenvalue weighted by atomic mass is 10.4. The summed E-state index contributed by atoms with van der Waals surface area (Å²) in [6, 6.07) is 0. The topological polar surface area (TPSA) is 38.7 Å². The molecule has 0 saturated carbocycles. The minimum atomic E-state index is -2.48. The van der Waals surface area contributed by atoms with Gasteiger partial charge in [-0.25, -0.2) is 8.78 Å². The molecular formula is C6H12F2O3. The van der Waals surface area contributed by atoms with Crippen molar-refractivity contribution in [2.24, 2.45) is 0 Å². The Hall–Kier alpha value is -0.260. The van der Waals surface area contributed by atoms with Crippen molar-refractivity contribution in [1.29, 1.82) is 0 Å². The zero-order valence-electron chi connectivity index (χ0n) is 6.30. The van der Waals surface area contributed by atoms with E-state index in [1.807, 2.05) is 0 Å². The lowest BCUT2D eigenvalue weighted by Crippen LogP contribution is -2.22. The Morgan fingerprint density at radius 3 is 2.36 bits per heavy atom. The second-order valence-electron chi connectivity index (χ2n) is 2.04. The van der Waals surface area contributed by atoms with Crippen LogP contribution in [0.25, 0.3) is 0 Å². The van der Waals surface area contributed by atoms with Gasteiger partial charge in [-0.1, -0.05) is 0 Å². The average molecular weight is 170 g/mol. The summed E-state index contributed by atoms with van der Waals surface area (Å²) in [5.74, 6) is 0. The minimum absolute atomic E-state index is 0.100. The van der Waals surface area contributed by atoms with Gasteiger partial charge in [-0.3, -0.25) is 0 Å². The first-order chi connectivity index (χ1) is 5.16. The van der Waals surface area contributed by atoms with E-state index in [1.54, 1.807) is 0 Å². The van der Waals surface area contributed by atoms with E-state index in [9.17, 15) is 8.78 Å². The molecule has 5 heteroatoms. The second kappa shape index (κ2) is 6.45. The molecule has 0 rings (SSSR count). The van der Waals surface area contributed by atoms with Gasteiger partial charge in [0.25, 0.3) is 6.43 Å². The molecule has 0 fully saturated rings. The Bertz CT molecular complexity index is 89.9. The van der Waals surface area contributed by atoms with Gasteiger partial charge in [-0.15, -0.1) is 0 Å². The highest BCUT2D eigenvalue weighted by atomic mass is 19.3. The second-order valence-corrected chi connectivity index (χ2v) is 2.04. The van der Waals surface area contributed by atoms with E-state index in [2.05, 4.69) is 9.47 Å². The van der Waals surface area contributed by atoms with Crippen LogP contribution in [0.4, 0.5) is 8.78 Å². The molecule has 0 aliphatic heterocycles. The van der Waals surface area contributed by atoms with Crippen LogP contribution in [-0.2, 0) is 9.47 Å². The first-order valence-electron chi connectivity index (χ1n) is 3.19. The standard InChI is InChI=1S/C6H12F2O3/c1-10-2-5(9)3-11-4-6(7)8/h5-6,9H,2-4H2,1H3. The number of halogens is 2. The molecule has 1 N–H and O–H groups in total. The van der Waals surface area contributed by atoms with Gasteiger partial charge >= 0.3 is 0 Å². The first-order valence-corrected chi connectivity index (χ1v) is 3.19. The van der Waals surface area contributed by atoms with Crippen molar-refractivity contribution in [2.45, 2.75) is 12.5 Å². The molecule has 0 aliphatic carbocycles. The van der Waals surface area contributed by atoms with E-state index in [1.165, 1.54) is 7.11 Å². The molecule has 0 aromatic carbocycles. The van der Waals surface area contributed by atoms with Gasteiger partial charge < -0.3 is 14.6 Å². The number of alkyl halides is 2. The smallest absolute Gasteiger partial charge is 0.261 e. The molecule has 0 bridgehead atoms. The average Bonchev–Trinajstić information content (AvgIpc) is 1.87. The van der Waals surface area contributed by atoms with Gasteiger partial charge in [-0.2, -0.15) is 0 Å². The summed E-state index contributed by atoms with van der Waals surface area (Å²) >= 11 is 0. The van der Waals surface area contributed by atoms with Crippen LogP contribution in [0.1, 0.15) is 0 Å². The fraction of sp³-hybridized carbons (Fsp3) is 1.00. The molecule has 0 radical (unpaired) electrons. The van der Waals surface area contributed by atoms with Gasteiger partial charge in [0.05, 0.1) is 13.2 Å². The number of hydrogen-bond donors (Lipinski definition) is 1. The van der Waals surface area contributed by atoms with Crippen molar-refractivity contribution >= 4 is 0 Å². The molecule has 11 heavy (non-hydrogen) atoms. The van der Waals surface area contributed by atoms with Crippen molar-refractivity contribution in [3.05, 3.63) is 0 Å². The van der Waals surface area contributed by atoms with Gasteiger partial charge in [0.2, 0.25) is 0 Å². The van der Waals surface area contributed by atoms with Crippen molar-refractivity contribution in [2.75, 3.05) is 26.9 Å². The number of ether oxygens (including phenoxy) is 2. The van der Waals surface area contributed by atoms with Crippen molar-refractivity contribution in [3.8, 4) is 0 Å². The van der Waals surface area contributed by atoms with Crippen LogP contribution in [0.2, 0.25) is 0 Å². The summed E-state index contributed by atoms with van der Waals surface area (Å²) < 4.78 is 31.8. The molecule has 68 valence electrons. The van der Waals surface area contributed by atoms with Gasteiger partial charge in [-0.05, 0) is 0 Å². The molecule has 0 heterocycles. The molecular weight excluding hydrogens is 158 g/mol. The summed E-state index contributed by atoms with van der Waals surface area (Å²) in [7, 11) is 1.41. The van der Waals surface area contributed by atoms with Crippen molar-refractivity contribution in [1.82, 2.24) is 0 Å². The molecule has 3 nitrogen and oxygen atoms in total. The Balaban J connectivity index is 3.10. The zero-order chi connectivity index (χ0) is 8.69. The van der Waals surface area contributed by atoms with Gasteiger partial charge in [0, 0.05) is 7.11 Å². The molecule has 1 atom stereocenters. The van der Waals surface area contributed by atoms with E-state index in [4.69, 9.17) is 5.11 Å². The molecule has 0 amide bonds. The highest BCUT2D eigenvalue weighted by Gasteiger charge is 2.06. The van der Waals surface area contributed by atoms with Crippen LogP contribution in [0.5, 0.6) is 0 Å². The van der Waals surface area contributed by atoms with E-state index in [-0.39, 0.29) is 13.2 Å². The van der Waals surface area contributed by atoms with Crippen LogP contribution < -0.4 is 0 Å². The maximum absolute atomic E-state index is 11.4. The Morgan fingerprint density at radius 2 is 1.91 bits per heavy atom. The Labute approximate surface area is 63.9 Å².